The van der Waals surface area contributed by atoms with Gasteiger partial charge >= 0.3 is 0 Å². The molecule has 1 amide bonds. The van der Waals surface area contributed by atoms with E-state index in [0.29, 0.717) is 12.1 Å². The van der Waals surface area contributed by atoms with E-state index in [1.165, 1.54) is 0 Å². The number of amides is 1. The van der Waals surface area contributed by atoms with Crippen LogP contribution >= 0.6 is 0 Å². The molecule has 2 aromatic carbocycles. The normalized spacial score (nSPS) is 10.5. The summed E-state index contributed by atoms with van der Waals surface area (Å²) in [6.45, 7) is 5.94. The molecule has 4 heteroatoms. The van der Waals surface area contributed by atoms with Crippen molar-refractivity contribution >= 4 is 17.3 Å². The molecule has 4 nitrogen and oxygen atoms in total. The lowest BCUT2D eigenvalue weighted by molar-refractivity contribution is -0.115. The van der Waals surface area contributed by atoms with Crippen molar-refractivity contribution in [2.75, 3.05) is 11.1 Å². The standard InChI is InChI=1S/C18H22N2O2/c1-12(2)22-17-9-8-16(10-13(17)3)20-18(21)11-14-4-6-15(19)7-5-14/h4-10,12H,11,19H2,1-3H3,(H,20,21). The summed E-state index contributed by atoms with van der Waals surface area (Å²) in [4.78, 5) is 12.1. The highest BCUT2D eigenvalue weighted by Crippen LogP contribution is 2.23. The lowest BCUT2D eigenvalue weighted by Crippen LogP contribution is -2.14. The highest BCUT2D eigenvalue weighted by molar-refractivity contribution is 5.92. The van der Waals surface area contributed by atoms with Gasteiger partial charge < -0.3 is 15.8 Å². The average molecular weight is 298 g/mol. The molecular weight excluding hydrogens is 276 g/mol. The Bertz CT molecular complexity index is 649. The maximum absolute atomic E-state index is 12.1. The summed E-state index contributed by atoms with van der Waals surface area (Å²) in [5.74, 6) is 0.785. The molecule has 0 spiro atoms. The molecule has 0 bridgehead atoms. The maximum Gasteiger partial charge on any atom is 0.228 e. The van der Waals surface area contributed by atoms with Crippen LogP contribution in [0.15, 0.2) is 42.5 Å². The van der Waals surface area contributed by atoms with Crippen LogP contribution in [0.4, 0.5) is 11.4 Å². The minimum atomic E-state index is -0.0540. The summed E-state index contributed by atoms with van der Waals surface area (Å²) in [5.41, 5.74) is 9.03. The van der Waals surface area contributed by atoms with Crippen LogP contribution < -0.4 is 15.8 Å². The number of nitrogen functional groups attached to an aromatic ring is 1. The number of carbonyl (C=O) groups excluding carboxylic acids is 1. The molecule has 3 N–H and O–H groups in total. The fourth-order valence-electron chi connectivity index (χ4n) is 2.14. The number of hydrogen-bond acceptors (Lipinski definition) is 3. The molecule has 0 saturated heterocycles. The van der Waals surface area contributed by atoms with Gasteiger partial charge in [-0.2, -0.15) is 0 Å². The molecule has 22 heavy (non-hydrogen) atoms. The highest BCUT2D eigenvalue weighted by atomic mass is 16.5. The summed E-state index contributed by atoms with van der Waals surface area (Å²) in [6, 6.07) is 13.0. The van der Waals surface area contributed by atoms with E-state index in [4.69, 9.17) is 10.5 Å². The van der Waals surface area contributed by atoms with Crippen LogP contribution in [0.5, 0.6) is 5.75 Å². The van der Waals surface area contributed by atoms with Crippen molar-refractivity contribution in [1.29, 1.82) is 0 Å². The summed E-state index contributed by atoms with van der Waals surface area (Å²) in [6.07, 6.45) is 0.452. The van der Waals surface area contributed by atoms with Gasteiger partial charge in [0.05, 0.1) is 12.5 Å². The smallest absolute Gasteiger partial charge is 0.228 e. The first-order chi connectivity index (χ1) is 10.4. The van der Waals surface area contributed by atoms with Crippen molar-refractivity contribution in [2.24, 2.45) is 0 Å². The molecule has 0 aliphatic carbocycles. The van der Waals surface area contributed by atoms with Crippen LogP contribution in [0.1, 0.15) is 25.0 Å². The van der Waals surface area contributed by atoms with Crippen LogP contribution in [0.3, 0.4) is 0 Å². The van der Waals surface area contributed by atoms with Crippen LogP contribution in [0.25, 0.3) is 0 Å². The zero-order valence-corrected chi connectivity index (χ0v) is 13.2. The zero-order valence-electron chi connectivity index (χ0n) is 13.2. The number of nitrogens with two attached hydrogens (primary N) is 1. The lowest BCUT2D eigenvalue weighted by Gasteiger charge is -2.14. The van der Waals surface area contributed by atoms with E-state index < -0.39 is 0 Å². The van der Waals surface area contributed by atoms with Gasteiger partial charge in [0.1, 0.15) is 5.75 Å². The molecule has 0 aliphatic rings. The van der Waals surface area contributed by atoms with Gasteiger partial charge in [-0.3, -0.25) is 4.79 Å². The lowest BCUT2D eigenvalue weighted by atomic mass is 10.1. The number of aryl methyl sites for hydroxylation is 1. The van der Waals surface area contributed by atoms with E-state index in [-0.39, 0.29) is 12.0 Å². The number of anilines is 2. The monoisotopic (exact) mass is 298 g/mol. The molecule has 2 rings (SSSR count). The third-order valence-corrected chi connectivity index (χ3v) is 3.17. The van der Waals surface area contributed by atoms with Gasteiger partial charge in [0, 0.05) is 11.4 Å². The van der Waals surface area contributed by atoms with Crippen molar-refractivity contribution in [1.82, 2.24) is 0 Å². The van der Waals surface area contributed by atoms with Crippen molar-refractivity contribution in [3.63, 3.8) is 0 Å². The second kappa shape index (κ2) is 6.98. The fourth-order valence-corrected chi connectivity index (χ4v) is 2.14. The molecule has 0 fully saturated rings. The Hall–Kier alpha value is -2.49. The molecule has 0 atom stereocenters. The third-order valence-electron chi connectivity index (χ3n) is 3.17. The summed E-state index contributed by atoms with van der Waals surface area (Å²) >= 11 is 0. The molecule has 0 heterocycles. The van der Waals surface area contributed by atoms with Crippen LogP contribution in [-0.2, 0) is 11.2 Å². The molecular formula is C18H22N2O2. The SMILES string of the molecule is Cc1cc(NC(=O)Cc2ccc(N)cc2)ccc1OC(C)C. The minimum Gasteiger partial charge on any atom is -0.491 e. The first-order valence-corrected chi connectivity index (χ1v) is 7.35. The molecule has 0 saturated carbocycles. The van der Waals surface area contributed by atoms with E-state index in [0.717, 1.165) is 22.6 Å². The molecule has 0 aliphatic heterocycles. The zero-order chi connectivity index (χ0) is 16.1. The third kappa shape index (κ3) is 4.52. The van der Waals surface area contributed by atoms with Gasteiger partial charge in [-0.15, -0.1) is 0 Å². The van der Waals surface area contributed by atoms with Crippen molar-refractivity contribution in [2.45, 2.75) is 33.3 Å². The Morgan fingerprint density at radius 2 is 1.86 bits per heavy atom. The molecule has 116 valence electrons. The Labute approximate surface area is 131 Å². The Morgan fingerprint density at radius 1 is 1.18 bits per heavy atom. The van der Waals surface area contributed by atoms with Gasteiger partial charge in [0.2, 0.25) is 5.91 Å². The molecule has 0 unspecified atom stereocenters. The van der Waals surface area contributed by atoms with Crippen LogP contribution in [0, 0.1) is 6.92 Å². The number of benzene rings is 2. The average Bonchev–Trinajstić information content (AvgIpc) is 2.44. The minimum absolute atomic E-state index is 0.0540. The van der Waals surface area contributed by atoms with Gasteiger partial charge in [-0.05, 0) is 62.2 Å². The van der Waals surface area contributed by atoms with E-state index in [9.17, 15) is 4.79 Å². The summed E-state index contributed by atoms with van der Waals surface area (Å²) in [5, 5.41) is 2.90. The summed E-state index contributed by atoms with van der Waals surface area (Å²) in [7, 11) is 0. The van der Waals surface area contributed by atoms with E-state index in [1.807, 2.05) is 51.1 Å². The summed E-state index contributed by atoms with van der Waals surface area (Å²) < 4.78 is 5.69. The van der Waals surface area contributed by atoms with E-state index in [1.54, 1.807) is 12.1 Å². The maximum atomic E-state index is 12.1. The van der Waals surface area contributed by atoms with Gasteiger partial charge in [-0.25, -0.2) is 0 Å². The Morgan fingerprint density at radius 3 is 2.45 bits per heavy atom. The predicted octanol–water partition coefficient (Wildman–Crippen LogP) is 3.55. The second-order valence-corrected chi connectivity index (χ2v) is 5.61. The van der Waals surface area contributed by atoms with Crippen molar-refractivity contribution in [3.05, 3.63) is 53.6 Å². The predicted molar refractivity (Wildman–Crippen MR) is 90.1 cm³/mol. The molecule has 2 aromatic rings. The number of ether oxygens (including phenoxy) is 1. The molecule has 0 radical (unpaired) electrons. The number of nitrogens with one attached hydrogen (secondary N) is 1. The van der Waals surface area contributed by atoms with E-state index in [2.05, 4.69) is 5.32 Å². The second-order valence-electron chi connectivity index (χ2n) is 5.61. The largest absolute Gasteiger partial charge is 0.491 e. The number of rotatable bonds is 5. The number of hydrogen-bond donors (Lipinski definition) is 2. The Balaban J connectivity index is 1.99. The van der Waals surface area contributed by atoms with Gasteiger partial charge in [0.25, 0.3) is 0 Å². The van der Waals surface area contributed by atoms with E-state index >= 15 is 0 Å². The van der Waals surface area contributed by atoms with Crippen molar-refractivity contribution < 1.29 is 9.53 Å². The topological polar surface area (TPSA) is 64.4 Å². The molecule has 0 aromatic heterocycles. The quantitative estimate of drug-likeness (QED) is 0.830. The van der Waals surface area contributed by atoms with Gasteiger partial charge in [0.15, 0.2) is 0 Å². The van der Waals surface area contributed by atoms with Gasteiger partial charge in [-0.1, -0.05) is 12.1 Å². The first-order valence-electron chi connectivity index (χ1n) is 7.35. The fraction of sp³-hybridized carbons (Fsp3) is 0.278. The number of carbonyl (C=O) groups is 1. The van der Waals surface area contributed by atoms with Crippen LogP contribution in [-0.4, -0.2) is 12.0 Å². The van der Waals surface area contributed by atoms with Crippen molar-refractivity contribution in [3.8, 4) is 5.75 Å². The van der Waals surface area contributed by atoms with Crippen LogP contribution in [0.2, 0.25) is 0 Å². The Kier molecular flexibility index (Phi) is 5.04. The highest BCUT2D eigenvalue weighted by Gasteiger charge is 2.07. The first kappa shape index (κ1) is 15.9.